The maximum atomic E-state index is 6.61. The Bertz CT molecular complexity index is 1180. The minimum atomic E-state index is 0.271. The second-order valence-corrected chi connectivity index (χ2v) is 6.83. The Morgan fingerprint density at radius 2 is 1.14 bits per heavy atom. The van der Waals surface area contributed by atoms with Crippen molar-refractivity contribution in [2.75, 3.05) is 14.2 Å². The van der Waals surface area contributed by atoms with Crippen LogP contribution in [0.25, 0.3) is 0 Å². The molecule has 0 amide bonds. The average molecular weight is 415 g/mol. The first-order valence-electron chi connectivity index (χ1n) is 8.29. The number of rotatable bonds is 2. The van der Waals surface area contributed by atoms with E-state index in [-0.39, 0.29) is 10.0 Å². The summed E-state index contributed by atoms with van der Waals surface area (Å²) in [5, 5.41) is 1.33. The standard InChI is InChI=1S/C20H12Cl2N2O4/c1-25-9-3-5-11-13(7-9)27-19-15(21)18-20(16(22)17(19)23-11)28-14-8-10(26-2)4-6-12(14)24-18/h3-8H,1-2H3. The fraction of sp³-hybridized carbons (Fsp3) is 0.100. The molecule has 28 heavy (non-hydrogen) atoms. The number of benzene rings is 3. The zero-order valence-electron chi connectivity index (χ0n) is 14.7. The lowest BCUT2D eigenvalue weighted by molar-refractivity contribution is 0.405. The van der Waals surface area contributed by atoms with Crippen molar-refractivity contribution in [2.45, 2.75) is 0 Å². The Morgan fingerprint density at radius 1 is 0.714 bits per heavy atom. The van der Waals surface area contributed by atoms with Gasteiger partial charge in [0.25, 0.3) is 0 Å². The first-order valence-corrected chi connectivity index (χ1v) is 9.05. The van der Waals surface area contributed by atoms with Gasteiger partial charge in [-0.1, -0.05) is 23.2 Å². The SMILES string of the molecule is COc1ccc2c(c1)Oc1c(Cl)c3c(c(Cl)c1=N2)Oc1cc(OC)ccc1N=3. The first kappa shape index (κ1) is 17.2. The van der Waals surface area contributed by atoms with Crippen LogP contribution in [0.3, 0.4) is 0 Å². The van der Waals surface area contributed by atoms with Gasteiger partial charge in [-0.3, -0.25) is 0 Å². The number of methoxy groups -OCH3 is 2. The van der Waals surface area contributed by atoms with Crippen molar-refractivity contribution < 1.29 is 18.9 Å². The van der Waals surface area contributed by atoms with E-state index in [2.05, 4.69) is 9.98 Å². The summed E-state index contributed by atoms with van der Waals surface area (Å²) >= 11 is 13.2. The third-order valence-electron chi connectivity index (χ3n) is 4.47. The molecule has 0 saturated carbocycles. The van der Waals surface area contributed by atoms with E-state index in [0.717, 1.165) is 0 Å². The third-order valence-corrected chi connectivity index (χ3v) is 5.17. The van der Waals surface area contributed by atoms with Gasteiger partial charge in [-0.15, -0.1) is 0 Å². The highest BCUT2D eigenvalue weighted by molar-refractivity contribution is 6.35. The summed E-state index contributed by atoms with van der Waals surface area (Å²) in [7, 11) is 3.16. The highest BCUT2D eigenvalue weighted by Crippen LogP contribution is 2.44. The summed E-state index contributed by atoms with van der Waals surface area (Å²) in [5.41, 5.74) is 1.22. The van der Waals surface area contributed by atoms with Gasteiger partial charge in [-0.25, -0.2) is 9.98 Å². The molecule has 0 fully saturated rings. The number of nitrogens with zero attached hydrogens (tertiary/aromatic N) is 2. The lowest BCUT2D eigenvalue weighted by Gasteiger charge is -2.21. The van der Waals surface area contributed by atoms with Crippen molar-refractivity contribution in [1.82, 2.24) is 0 Å². The van der Waals surface area contributed by atoms with Gasteiger partial charge in [0, 0.05) is 12.1 Å². The summed E-state index contributed by atoms with van der Waals surface area (Å²) in [5.74, 6) is 2.99. The zero-order valence-corrected chi connectivity index (χ0v) is 16.3. The fourth-order valence-electron chi connectivity index (χ4n) is 3.06. The molecule has 0 N–H and O–H groups in total. The molecule has 140 valence electrons. The number of hydrogen-bond donors (Lipinski definition) is 0. The average Bonchev–Trinajstić information content (AvgIpc) is 2.74. The molecular formula is C20H12Cl2N2O4. The number of ether oxygens (including phenoxy) is 4. The summed E-state index contributed by atoms with van der Waals surface area (Å²) < 4.78 is 22.5. The number of halogens is 2. The molecule has 0 aromatic heterocycles. The molecule has 2 aliphatic heterocycles. The maximum Gasteiger partial charge on any atom is 0.175 e. The number of fused-ring (bicyclic) bond motifs is 4. The Hall–Kier alpha value is -2.96. The molecule has 6 nitrogen and oxygen atoms in total. The predicted molar refractivity (Wildman–Crippen MR) is 104 cm³/mol. The largest absolute Gasteiger partial charge is 0.497 e. The van der Waals surface area contributed by atoms with Crippen LogP contribution in [0.4, 0.5) is 11.4 Å². The van der Waals surface area contributed by atoms with Gasteiger partial charge in [0.15, 0.2) is 23.0 Å². The maximum absolute atomic E-state index is 6.61. The van der Waals surface area contributed by atoms with E-state index in [1.165, 1.54) is 0 Å². The minimum Gasteiger partial charge on any atom is -0.497 e. The van der Waals surface area contributed by atoms with Crippen LogP contribution in [0, 0.1) is 0 Å². The van der Waals surface area contributed by atoms with Crippen LogP contribution in [0.1, 0.15) is 0 Å². The van der Waals surface area contributed by atoms with Gasteiger partial charge in [0.05, 0.1) is 14.2 Å². The zero-order chi connectivity index (χ0) is 19.4. The molecule has 0 aliphatic carbocycles. The molecule has 0 unspecified atom stereocenters. The van der Waals surface area contributed by atoms with E-state index < -0.39 is 0 Å². The lowest BCUT2D eigenvalue weighted by Crippen LogP contribution is -2.22. The summed E-state index contributed by atoms with van der Waals surface area (Å²) in [6.45, 7) is 0. The fourth-order valence-corrected chi connectivity index (χ4v) is 3.57. The molecule has 5 rings (SSSR count). The van der Waals surface area contributed by atoms with E-state index in [9.17, 15) is 0 Å². The first-order chi connectivity index (χ1) is 13.6. The Morgan fingerprint density at radius 3 is 1.54 bits per heavy atom. The molecule has 0 radical (unpaired) electrons. The van der Waals surface area contributed by atoms with E-state index in [1.807, 2.05) is 0 Å². The Kier molecular flexibility index (Phi) is 3.86. The molecule has 0 atom stereocenters. The Labute approximate surface area is 169 Å². The molecule has 0 spiro atoms. The van der Waals surface area contributed by atoms with Crippen molar-refractivity contribution in [3.8, 4) is 34.5 Å². The molecule has 3 aromatic rings. The second kappa shape index (κ2) is 6.29. The summed E-state index contributed by atoms with van der Waals surface area (Å²) in [6, 6.07) is 10.6. The summed E-state index contributed by atoms with van der Waals surface area (Å²) in [6.07, 6.45) is 0. The lowest BCUT2D eigenvalue weighted by atomic mass is 10.2. The smallest absolute Gasteiger partial charge is 0.175 e. The molecule has 3 aromatic carbocycles. The highest BCUT2D eigenvalue weighted by atomic mass is 35.5. The topological polar surface area (TPSA) is 61.6 Å². The minimum absolute atomic E-state index is 0.271. The molecule has 0 bridgehead atoms. The van der Waals surface area contributed by atoms with E-state index >= 15 is 0 Å². The van der Waals surface area contributed by atoms with Gasteiger partial charge in [-0.05, 0) is 24.3 Å². The number of hydrogen-bond acceptors (Lipinski definition) is 6. The Balaban J connectivity index is 1.76. The predicted octanol–water partition coefficient (Wildman–Crippen LogP) is 5.12. The van der Waals surface area contributed by atoms with Crippen molar-refractivity contribution in [1.29, 1.82) is 0 Å². The quantitative estimate of drug-likeness (QED) is 0.401. The van der Waals surface area contributed by atoms with Gasteiger partial charge in [-0.2, -0.15) is 0 Å². The molecule has 2 heterocycles. The van der Waals surface area contributed by atoms with Crippen LogP contribution in [0.2, 0.25) is 10.0 Å². The van der Waals surface area contributed by atoms with Crippen LogP contribution in [0.5, 0.6) is 34.5 Å². The summed E-state index contributed by atoms with van der Waals surface area (Å²) in [4.78, 5) is 9.20. The molecule has 0 saturated heterocycles. The normalized spacial score (nSPS) is 12.7. The van der Waals surface area contributed by atoms with Crippen molar-refractivity contribution in [2.24, 2.45) is 9.98 Å². The van der Waals surface area contributed by atoms with E-state index in [1.54, 1.807) is 50.6 Å². The van der Waals surface area contributed by atoms with Crippen molar-refractivity contribution in [3.63, 3.8) is 0 Å². The van der Waals surface area contributed by atoms with Crippen molar-refractivity contribution in [3.05, 3.63) is 57.2 Å². The molecule has 8 heteroatoms. The van der Waals surface area contributed by atoms with Gasteiger partial charge in [0.2, 0.25) is 0 Å². The van der Waals surface area contributed by atoms with Crippen molar-refractivity contribution >= 4 is 34.6 Å². The van der Waals surface area contributed by atoms with Crippen LogP contribution in [-0.2, 0) is 0 Å². The van der Waals surface area contributed by atoms with Gasteiger partial charge < -0.3 is 18.9 Å². The molecular weight excluding hydrogens is 403 g/mol. The second-order valence-electron chi connectivity index (χ2n) is 6.08. The van der Waals surface area contributed by atoms with Gasteiger partial charge >= 0.3 is 0 Å². The van der Waals surface area contributed by atoms with E-state index in [4.69, 9.17) is 42.1 Å². The van der Waals surface area contributed by atoms with Crippen LogP contribution < -0.4 is 29.7 Å². The molecule has 2 aliphatic rings. The third kappa shape index (κ3) is 2.49. The van der Waals surface area contributed by atoms with Crippen LogP contribution >= 0.6 is 23.2 Å². The van der Waals surface area contributed by atoms with Gasteiger partial charge in [0.1, 0.15) is 43.6 Å². The van der Waals surface area contributed by atoms with Crippen LogP contribution in [0.15, 0.2) is 46.4 Å². The van der Waals surface area contributed by atoms with Crippen LogP contribution in [-0.4, -0.2) is 14.2 Å². The monoisotopic (exact) mass is 414 g/mol. The highest BCUT2D eigenvalue weighted by Gasteiger charge is 2.27. The van der Waals surface area contributed by atoms with E-state index in [0.29, 0.717) is 56.6 Å².